The predicted octanol–water partition coefficient (Wildman–Crippen LogP) is 3.29. The number of amides is 1. The largest absolute Gasteiger partial charge is 0.378 e. The Morgan fingerprint density at radius 3 is 2.55 bits per heavy atom. The van der Waals surface area contributed by atoms with Crippen LogP contribution in [0.4, 0.5) is 0 Å². The number of aryl methyl sites for hydroxylation is 2. The van der Waals surface area contributed by atoms with Gasteiger partial charge in [-0.05, 0) is 39.3 Å². The number of nitrogens with two attached hydrogens (primary N) is 1. The van der Waals surface area contributed by atoms with Crippen molar-refractivity contribution in [1.29, 1.82) is 0 Å². The maximum absolute atomic E-state index is 13.3. The summed E-state index contributed by atoms with van der Waals surface area (Å²) < 4.78 is 7.74. The molecule has 158 valence electrons. The van der Waals surface area contributed by atoms with Crippen molar-refractivity contribution in [2.75, 3.05) is 13.7 Å². The normalized spacial score (nSPS) is 23.0. The first kappa shape index (κ1) is 21.5. The molecule has 6 nitrogen and oxygen atoms in total. The number of ether oxygens (including phenoxy) is 1. The van der Waals surface area contributed by atoms with Crippen LogP contribution in [0.2, 0.25) is 0 Å². The highest BCUT2D eigenvalue weighted by atomic mass is 16.5. The van der Waals surface area contributed by atoms with E-state index in [2.05, 4.69) is 26.0 Å². The van der Waals surface area contributed by atoms with Gasteiger partial charge in [0, 0.05) is 43.3 Å². The molecule has 0 radical (unpaired) electrons. The van der Waals surface area contributed by atoms with E-state index in [1.54, 1.807) is 4.90 Å². The first-order valence-electron chi connectivity index (χ1n) is 10.3. The van der Waals surface area contributed by atoms with E-state index in [4.69, 9.17) is 15.6 Å². The molecule has 2 aromatic rings. The van der Waals surface area contributed by atoms with Crippen LogP contribution in [0, 0.1) is 26.2 Å². The minimum absolute atomic E-state index is 0.0159. The molecule has 3 rings (SSSR count). The summed E-state index contributed by atoms with van der Waals surface area (Å²) in [6, 6.07) is 8.17. The molecule has 1 heterocycles. The Morgan fingerprint density at radius 2 is 1.97 bits per heavy atom. The number of likely N-dealkylation sites (N-methyl/N-ethyl adjacent to an activating group) is 1. The summed E-state index contributed by atoms with van der Waals surface area (Å²) in [5, 5.41) is 4.74. The molecule has 0 saturated heterocycles. The topological polar surface area (TPSA) is 73.4 Å². The van der Waals surface area contributed by atoms with Gasteiger partial charge >= 0.3 is 0 Å². The van der Waals surface area contributed by atoms with Crippen LogP contribution in [0.3, 0.4) is 0 Å². The Labute approximate surface area is 174 Å². The average Bonchev–Trinajstić information content (AvgIpc) is 2.95. The van der Waals surface area contributed by atoms with Crippen LogP contribution >= 0.6 is 0 Å². The molecule has 1 aliphatic rings. The minimum atomic E-state index is -0.907. The van der Waals surface area contributed by atoms with Crippen LogP contribution in [0.1, 0.15) is 49.7 Å². The fourth-order valence-corrected chi connectivity index (χ4v) is 4.39. The van der Waals surface area contributed by atoms with Gasteiger partial charge in [-0.3, -0.25) is 4.79 Å². The van der Waals surface area contributed by atoms with E-state index in [1.807, 2.05) is 51.6 Å². The van der Waals surface area contributed by atoms with Crippen molar-refractivity contribution >= 4 is 5.91 Å². The van der Waals surface area contributed by atoms with E-state index in [9.17, 15) is 4.79 Å². The SMILES string of the molecule is CCOC1CC(N)(C(=O)N(C)Cc2c(C)nn(-c3ccccc3C)c2C)C1(C)C. The van der Waals surface area contributed by atoms with Crippen LogP contribution < -0.4 is 5.73 Å². The average molecular weight is 399 g/mol. The van der Waals surface area contributed by atoms with E-state index in [-0.39, 0.29) is 12.0 Å². The van der Waals surface area contributed by atoms with Crippen molar-refractivity contribution in [1.82, 2.24) is 14.7 Å². The molecule has 2 atom stereocenters. The Kier molecular flexibility index (Phi) is 5.62. The standard InChI is InChI=1S/C23H34N4O2/c1-8-29-20-13-23(24,22(20,5)6)21(28)26(7)14-18-16(3)25-27(17(18)4)19-12-10-9-11-15(19)2/h9-12,20H,8,13-14,24H2,1-7H3. The van der Waals surface area contributed by atoms with Crippen molar-refractivity contribution in [3.63, 3.8) is 0 Å². The summed E-state index contributed by atoms with van der Waals surface area (Å²) in [6.07, 6.45) is 0.569. The first-order chi connectivity index (χ1) is 13.5. The Bertz CT molecular complexity index is 918. The summed E-state index contributed by atoms with van der Waals surface area (Å²) in [5.41, 5.74) is 10.5. The zero-order valence-corrected chi connectivity index (χ0v) is 18.7. The molecule has 1 aliphatic carbocycles. The number of para-hydroxylation sites is 1. The lowest BCUT2D eigenvalue weighted by Gasteiger charge is -2.58. The molecule has 1 fully saturated rings. The summed E-state index contributed by atoms with van der Waals surface area (Å²) in [5.74, 6) is -0.0408. The third kappa shape index (κ3) is 3.38. The number of carbonyl (C=O) groups excluding carboxylic acids is 1. The van der Waals surface area contributed by atoms with E-state index >= 15 is 0 Å². The number of aromatic nitrogens is 2. The van der Waals surface area contributed by atoms with Crippen molar-refractivity contribution < 1.29 is 9.53 Å². The van der Waals surface area contributed by atoms with Crippen molar-refractivity contribution in [2.45, 2.75) is 66.2 Å². The Morgan fingerprint density at radius 1 is 1.31 bits per heavy atom. The van der Waals surface area contributed by atoms with Gasteiger partial charge in [0.05, 0.1) is 17.5 Å². The summed E-state index contributed by atoms with van der Waals surface area (Å²) in [4.78, 5) is 15.0. The van der Waals surface area contributed by atoms with Gasteiger partial charge in [-0.1, -0.05) is 32.0 Å². The fourth-order valence-electron chi connectivity index (χ4n) is 4.39. The van der Waals surface area contributed by atoms with Crippen molar-refractivity contribution in [3.05, 3.63) is 46.8 Å². The molecule has 2 N–H and O–H groups in total. The van der Waals surface area contributed by atoms with E-state index < -0.39 is 11.0 Å². The van der Waals surface area contributed by atoms with Crippen LogP contribution in [-0.2, 0) is 16.1 Å². The Balaban J connectivity index is 1.82. The van der Waals surface area contributed by atoms with Gasteiger partial charge in [0.15, 0.2) is 0 Å². The monoisotopic (exact) mass is 398 g/mol. The molecule has 0 aliphatic heterocycles. The second kappa shape index (κ2) is 7.58. The lowest BCUT2D eigenvalue weighted by molar-refractivity contribution is -0.178. The molecular formula is C23H34N4O2. The minimum Gasteiger partial charge on any atom is -0.378 e. The number of nitrogens with zero attached hydrogens (tertiary/aromatic N) is 3. The second-order valence-electron chi connectivity index (χ2n) is 8.85. The van der Waals surface area contributed by atoms with Gasteiger partial charge in [-0.15, -0.1) is 0 Å². The number of benzene rings is 1. The zero-order valence-electron chi connectivity index (χ0n) is 18.7. The molecule has 0 spiro atoms. The number of hydrogen-bond donors (Lipinski definition) is 1. The summed E-state index contributed by atoms with van der Waals surface area (Å²) in [6.45, 7) is 13.2. The van der Waals surface area contributed by atoms with Crippen LogP contribution in [0.25, 0.3) is 5.69 Å². The zero-order chi connectivity index (χ0) is 21.6. The molecule has 1 aromatic heterocycles. The smallest absolute Gasteiger partial charge is 0.243 e. The third-order valence-corrected chi connectivity index (χ3v) is 6.74. The van der Waals surface area contributed by atoms with Crippen LogP contribution in [0.15, 0.2) is 24.3 Å². The van der Waals surface area contributed by atoms with Gasteiger partial charge < -0.3 is 15.4 Å². The molecule has 1 saturated carbocycles. The highest BCUT2D eigenvalue weighted by molar-refractivity contribution is 5.88. The van der Waals surface area contributed by atoms with Gasteiger partial charge in [0.1, 0.15) is 5.54 Å². The number of rotatable bonds is 6. The molecule has 1 amide bonds. The number of hydrogen-bond acceptors (Lipinski definition) is 4. The van der Waals surface area contributed by atoms with Gasteiger partial charge in [0.2, 0.25) is 5.91 Å². The maximum Gasteiger partial charge on any atom is 0.243 e. The molecule has 29 heavy (non-hydrogen) atoms. The fraction of sp³-hybridized carbons (Fsp3) is 0.565. The highest BCUT2D eigenvalue weighted by Crippen LogP contribution is 2.50. The predicted molar refractivity (Wildman–Crippen MR) is 115 cm³/mol. The van der Waals surface area contributed by atoms with Gasteiger partial charge in [-0.25, -0.2) is 4.68 Å². The lowest BCUT2D eigenvalue weighted by atomic mass is 9.54. The molecule has 1 aromatic carbocycles. The van der Waals surface area contributed by atoms with Gasteiger partial charge in [-0.2, -0.15) is 5.10 Å². The van der Waals surface area contributed by atoms with E-state index in [1.165, 1.54) is 0 Å². The molecule has 0 bridgehead atoms. The number of carbonyl (C=O) groups is 1. The third-order valence-electron chi connectivity index (χ3n) is 6.74. The summed E-state index contributed by atoms with van der Waals surface area (Å²) in [7, 11) is 1.82. The van der Waals surface area contributed by atoms with Crippen LogP contribution in [0.5, 0.6) is 0 Å². The molecular weight excluding hydrogens is 364 g/mol. The van der Waals surface area contributed by atoms with Gasteiger partial charge in [0.25, 0.3) is 0 Å². The lowest BCUT2D eigenvalue weighted by Crippen LogP contribution is -2.75. The van der Waals surface area contributed by atoms with Crippen LogP contribution in [-0.4, -0.2) is 45.9 Å². The first-order valence-corrected chi connectivity index (χ1v) is 10.3. The van der Waals surface area contributed by atoms with Crippen molar-refractivity contribution in [2.24, 2.45) is 11.1 Å². The molecule has 2 unspecified atom stereocenters. The highest BCUT2D eigenvalue weighted by Gasteiger charge is 2.63. The van der Waals surface area contributed by atoms with Crippen molar-refractivity contribution in [3.8, 4) is 5.69 Å². The van der Waals surface area contributed by atoms with E-state index in [0.29, 0.717) is 19.6 Å². The Hall–Kier alpha value is -2.18. The van der Waals surface area contributed by atoms with E-state index in [0.717, 1.165) is 28.2 Å². The maximum atomic E-state index is 13.3. The quantitative estimate of drug-likeness (QED) is 0.810. The molecule has 6 heteroatoms. The second-order valence-corrected chi connectivity index (χ2v) is 8.85. The summed E-state index contributed by atoms with van der Waals surface area (Å²) >= 11 is 0.